The van der Waals surface area contributed by atoms with Crippen LogP contribution in [0.4, 0.5) is 0 Å². The Bertz CT molecular complexity index is 219. The first-order valence-corrected chi connectivity index (χ1v) is 6.40. The minimum atomic E-state index is 0.312. The molecule has 0 aromatic carbocycles. The summed E-state index contributed by atoms with van der Waals surface area (Å²) in [5.41, 5.74) is 7.90. The molecule has 2 N–H and O–H groups in total. The van der Waals surface area contributed by atoms with Gasteiger partial charge in [0.1, 0.15) is 0 Å². The van der Waals surface area contributed by atoms with Crippen LogP contribution < -0.4 is 5.73 Å². The third-order valence-corrected chi connectivity index (χ3v) is 3.78. The van der Waals surface area contributed by atoms with Gasteiger partial charge in [0.15, 0.2) is 0 Å². The fourth-order valence-corrected chi connectivity index (χ4v) is 2.72. The number of nitrogens with two attached hydrogens (primary N) is 1. The molecule has 0 aromatic rings. The van der Waals surface area contributed by atoms with Crippen molar-refractivity contribution in [3.63, 3.8) is 0 Å². The van der Waals surface area contributed by atoms with E-state index in [9.17, 15) is 0 Å². The average molecular weight is 209 g/mol. The van der Waals surface area contributed by atoms with Crippen LogP contribution >= 0.6 is 0 Å². The van der Waals surface area contributed by atoms with E-state index in [1.165, 1.54) is 37.7 Å². The van der Waals surface area contributed by atoms with Crippen LogP contribution in [0.25, 0.3) is 0 Å². The zero-order chi connectivity index (χ0) is 10.5. The molecule has 0 saturated carbocycles. The predicted octanol–water partition coefficient (Wildman–Crippen LogP) is 2.63. The van der Waals surface area contributed by atoms with E-state index in [4.69, 9.17) is 10.5 Å². The van der Waals surface area contributed by atoms with Crippen LogP contribution in [-0.2, 0) is 4.74 Å². The van der Waals surface area contributed by atoms with Gasteiger partial charge in [0.2, 0.25) is 0 Å². The normalized spacial score (nSPS) is 26.9. The van der Waals surface area contributed by atoms with Gasteiger partial charge in [-0.15, -0.1) is 0 Å². The molecule has 1 saturated heterocycles. The van der Waals surface area contributed by atoms with E-state index in [0.717, 1.165) is 26.1 Å². The Labute approximate surface area is 92.9 Å². The average Bonchev–Trinajstić information content (AvgIpc) is 2.58. The Balaban J connectivity index is 1.92. The van der Waals surface area contributed by atoms with Crippen LogP contribution in [0, 0.1) is 5.92 Å². The molecular formula is C13H23NO. The van der Waals surface area contributed by atoms with Crippen LogP contribution in [-0.4, -0.2) is 19.3 Å². The number of hydrogen-bond donors (Lipinski definition) is 1. The number of rotatable bonds is 2. The van der Waals surface area contributed by atoms with Gasteiger partial charge in [0, 0.05) is 19.3 Å². The van der Waals surface area contributed by atoms with E-state index in [0.29, 0.717) is 12.0 Å². The third-order valence-electron chi connectivity index (χ3n) is 3.78. The Morgan fingerprint density at radius 2 is 2.00 bits per heavy atom. The zero-order valence-corrected chi connectivity index (χ0v) is 9.58. The lowest BCUT2D eigenvalue weighted by molar-refractivity contribution is 0.0615. The van der Waals surface area contributed by atoms with Gasteiger partial charge in [-0.2, -0.15) is 0 Å². The SMILES string of the molecule is NC(C1=CCCCCC1)C1CCOCC1. The summed E-state index contributed by atoms with van der Waals surface area (Å²) in [6, 6.07) is 0.312. The van der Waals surface area contributed by atoms with Gasteiger partial charge in [-0.25, -0.2) is 0 Å². The maximum Gasteiger partial charge on any atom is 0.0469 e. The minimum Gasteiger partial charge on any atom is -0.381 e. The van der Waals surface area contributed by atoms with E-state index in [1.807, 2.05) is 0 Å². The van der Waals surface area contributed by atoms with Crippen molar-refractivity contribution in [1.29, 1.82) is 0 Å². The highest BCUT2D eigenvalue weighted by atomic mass is 16.5. The molecule has 1 aliphatic carbocycles. The summed E-state index contributed by atoms with van der Waals surface area (Å²) in [6.45, 7) is 1.82. The molecule has 1 atom stereocenters. The van der Waals surface area contributed by atoms with Crippen molar-refractivity contribution in [3.05, 3.63) is 11.6 Å². The monoisotopic (exact) mass is 209 g/mol. The molecule has 1 fully saturated rings. The highest BCUT2D eigenvalue weighted by molar-refractivity contribution is 5.13. The van der Waals surface area contributed by atoms with Gasteiger partial charge in [-0.3, -0.25) is 0 Å². The molecular weight excluding hydrogens is 186 g/mol. The topological polar surface area (TPSA) is 35.2 Å². The quantitative estimate of drug-likeness (QED) is 0.710. The van der Waals surface area contributed by atoms with Gasteiger partial charge < -0.3 is 10.5 Å². The molecule has 15 heavy (non-hydrogen) atoms. The fourth-order valence-electron chi connectivity index (χ4n) is 2.72. The highest BCUT2D eigenvalue weighted by Gasteiger charge is 2.23. The van der Waals surface area contributed by atoms with Crippen LogP contribution in [0.15, 0.2) is 11.6 Å². The fraction of sp³-hybridized carbons (Fsp3) is 0.846. The molecule has 2 aliphatic rings. The van der Waals surface area contributed by atoms with Gasteiger partial charge in [-0.1, -0.05) is 18.1 Å². The van der Waals surface area contributed by atoms with E-state index in [-0.39, 0.29) is 0 Å². The van der Waals surface area contributed by atoms with Gasteiger partial charge in [-0.05, 0) is 44.4 Å². The van der Waals surface area contributed by atoms with E-state index < -0.39 is 0 Å². The smallest absolute Gasteiger partial charge is 0.0469 e. The first kappa shape index (κ1) is 11.2. The van der Waals surface area contributed by atoms with Crippen molar-refractivity contribution in [1.82, 2.24) is 0 Å². The number of ether oxygens (including phenoxy) is 1. The van der Waals surface area contributed by atoms with Crippen molar-refractivity contribution >= 4 is 0 Å². The van der Waals surface area contributed by atoms with E-state index >= 15 is 0 Å². The molecule has 1 heterocycles. The molecule has 2 nitrogen and oxygen atoms in total. The second-order valence-corrected chi connectivity index (χ2v) is 4.85. The first-order chi connectivity index (χ1) is 7.38. The van der Waals surface area contributed by atoms with Crippen molar-refractivity contribution < 1.29 is 4.74 Å². The molecule has 1 aliphatic heterocycles. The Hall–Kier alpha value is -0.340. The summed E-state index contributed by atoms with van der Waals surface area (Å²) >= 11 is 0. The van der Waals surface area contributed by atoms with Gasteiger partial charge in [0.25, 0.3) is 0 Å². The van der Waals surface area contributed by atoms with E-state index in [1.54, 1.807) is 0 Å². The number of hydrogen-bond acceptors (Lipinski definition) is 2. The van der Waals surface area contributed by atoms with Gasteiger partial charge in [0.05, 0.1) is 0 Å². The summed E-state index contributed by atoms with van der Waals surface area (Å²) < 4.78 is 5.39. The summed E-state index contributed by atoms with van der Waals surface area (Å²) in [6.07, 6.45) is 11.3. The molecule has 0 radical (unpaired) electrons. The van der Waals surface area contributed by atoms with Crippen molar-refractivity contribution in [2.24, 2.45) is 11.7 Å². The Kier molecular flexibility index (Phi) is 4.21. The zero-order valence-electron chi connectivity index (χ0n) is 9.58. The second-order valence-electron chi connectivity index (χ2n) is 4.85. The maximum absolute atomic E-state index is 6.37. The molecule has 2 rings (SSSR count). The lowest BCUT2D eigenvalue weighted by Crippen LogP contribution is -2.35. The first-order valence-electron chi connectivity index (χ1n) is 6.40. The lowest BCUT2D eigenvalue weighted by atomic mass is 9.86. The molecule has 2 heteroatoms. The molecule has 0 spiro atoms. The van der Waals surface area contributed by atoms with Crippen molar-refractivity contribution in [3.8, 4) is 0 Å². The van der Waals surface area contributed by atoms with Crippen LogP contribution in [0.2, 0.25) is 0 Å². The van der Waals surface area contributed by atoms with Crippen LogP contribution in [0.5, 0.6) is 0 Å². The Morgan fingerprint density at radius 3 is 2.80 bits per heavy atom. The molecule has 0 aromatic heterocycles. The standard InChI is InChI=1S/C13H23NO/c14-13(12-7-9-15-10-8-12)11-5-3-1-2-4-6-11/h5,12-13H,1-4,6-10,14H2. The predicted molar refractivity (Wildman–Crippen MR) is 62.7 cm³/mol. The number of allylic oxidation sites excluding steroid dienone is 1. The third kappa shape index (κ3) is 3.05. The summed E-state index contributed by atoms with van der Waals surface area (Å²) in [4.78, 5) is 0. The summed E-state index contributed by atoms with van der Waals surface area (Å²) in [7, 11) is 0. The summed E-state index contributed by atoms with van der Waals surface area (Å²) in [5.74, 6) is 0.670. The van der Waals surface area contributed by atoms with Crippen molar-refractivity contribution in [2.45, 2.75) is 51.0 Å². The molecule has 86 valence electrons. The molecule has 1 unspecified atom stereocenters. The lowest BCUT2D eigenvalue weighted by Gasteiger charge is -2.29. The van der Waals surface area contributed by atoms with Crippen LogP contribution in [0.1, 0.15) is 44.9 Å². The molecule has 0 amide bonds. The van der Waals surface area contributed by atoms with E-state index in [2.05, 4.69) is 6.08 Å². The van der Waals surface area contributed by atoms with Gasteiger partial charge >= 0.3 is 0 Å². The van der Waals surface area contributed by atoms with Crippen molar-refractivity contribution in [2.75, 3.05) is 13.2 Å². The minimum absolute atomic E-state index is 0.312. The second kappa shape index (κ2) is 5.66. The summed E-state index contributed by atoms with van der Waals surface area (Å²) in [5, 5.41) is 0. The largest absolute Gasteiger partial charge is 0.381 e. The molecule has 0 bridgehead atoms. The Morgan fingerprint density at radius 1 is 1.20 bits per heavy atom. The maximum atomic E-state index is 6.37. The highest BCUT2D eigenvalue weighted by Crippen LogP contribution is 2.27. The van der Waals surface area contributed by atoms with Crippen LogP contribution in [0.3, 0.4) is 0 Å².